The second kappa shape index (κ2) is 7.19. The van der Waals surface area contributed by atoms with Crippen molar-refractivity contribution in [3.05, 3.63) is 69.1 Å². The van der Waals surface area contributed by atoms with Gasteiger partial charge in [-0.1, -0.05) is 48.0 Å². The summed E-state index contributed by atoms with van der Waals surface area (Å²) >= 11 is 3.37. The predicted octanol–water partition coefficient (Wildman–Crippen LogP) is 4.07. The van der Waals surface area contributed by atoms with Crippen molar-refractivity contribution >= 4 is 38.3 Å². The number of carbonyl (C=O) groups is 1. The van der Waals surface area contributed by atoms with Gasteiger partial charge in [0, 0.05) is 22.1 Å². The van der Waals surface area contributed by atoms with Gasteiger partial charge in [0.1, 0.15) is 0 Å². The highest BCUT2D eigenvalue weighted by molar-refractivity contribution is 9.10. The minimum Gasteiger partial charge on any atom is -0.321 e. The van der Waals surface area contributed by atoms with Gasteiger partial charge in [0.15, 0.2) is 5.69 Å². The number of amides is 1. The largest absolute Gasteiger partial charge is 0.321 e. The van der Waals surface area contributed by atoms with Gasteiger partial charge < -0.3 is 5.32 Å². The number of benzene rings is 2. The van der Waals surface area contributed by atoms with Crippen LogP contribution < -0.4 is 10.9 Å². The van der Waals surface area contributed by atoms with E-state index in [-0.39, 0.29) is 23.1 Å². The Balaban J connectivity index is 2.07. The second-order valence-electron chi connectivity index (χ2n) is 6.24. The molecule has 3 aromatic rings. The number of nitrogens with zero attached hydrogens (tertiary/aromatic N) is 2. The zero-order valence-corrected chi connectivity index (χ0v) is 15.6. The second-order valence-corrected chi connectivity index (χ2v) is 7.15. The topological polar surface area (TPSA) is 64.0 Å². The third kappa shape index (κ3) is 3.79. The third-order valence-corrected chi connectivity index (χ3v) is 4.25. The first-order chi connectivity index (χ1) is 12.0. The molecular weight excluding hydrogens is 382 g/mol. The van der Waals surface area contributed by atoms with Gasteiger partial charge in [0.25, 0.3) is 11.5 Å². The molecule has 5 nitrogen and oxygen atoms in total. The van der Waals surface area contributed by atoms with E-state index >= 15 is 0 Å². The van der Waals surface area contributed by atoms with Crippen molar-refractivity contribution in [3.63, 3.8) is 0 Å². The lowest BCUT2D eigenvalue weighted by Crippen LogP contribution is -2.29. The molecule has 0 fully saturated rings. The standard InChI is InChI=1S/C19H18BrN3O2/c1-12(2)11-23-19(25)16-6-4-3-5-15(16)17(22-23)18(24)21-14-9-7-13(20)8-10-14/h3-10,12H,11H2,1-2H3,(H,21,24). The van der Waals surface area contributed by atoms with E-state index in [1.54, 1.807) is 36.4 Å². The predicted molar refractivity (Wildman–Crippen MR) is 103 cm³/mol. The Morgan fingerprint density at radius 3 is 2.40 bits per heavy atom. The van der Waals surface area contributed by atoms with Crippen LogP contribution in [0.2, 0.25) is 0 Å². The van der Waals surface area contributed by atoms with Crippen LogP contribution in [0.1, 0.15) is 24.3 Å². The van der Waals surface area contributed by atoms with Crippen LogP contribution in [0.4, 0.5) is 5.69 Å². The lowest BCUT2D eigenvalue weighted by molar-refractivity contribution is 0.102. The van der Waals surface area contributed by atoms with Crippen molar-refractivity contribution in [1.82, 2.24) is 9.78 Å². The molecule has 0 aliphatic carbocycles. The maximum Gasteiger partial charge on any atom is 0.276 e. The summed E-state index contributed by atoms with van der Waals surface area (Å²) in [6, 6.07) is 14.4. The van der Waals surface area contributed by atoms with Crippen LogP contribution in [0.15, 0.2) is 57.8 Å². The van der Waals surface area contributed by atoms with Crippen molar-refractivity contribution in [1.29, 1.82) is 0 Å². The highest BCUT2D eigenvalue weighted by atomic mass is 79.9. The van der Waals surface area contributed by atoms with Crippen molar-refractivity contribution < 1.29 is 4.79 Å². The third-order valence-electron chi connectivity index (χ3n) is 3.72. The van der Waals surface area contributed by atoms with Gasteiger partial charge in [-0.15, -0.1) is 0 Å². The van der Waals surface area contributed by atoms with Crippen LogP contribution in [0, 0.1) is 5.92 Å². The number of aromatic nitrogens is 2. The van der Waals surface area contributed by atoms with Gasteiger partial charge in [-0.2, -0.15) is 5.10 Å². The van der Waals surface area contributed by atoms with Gasteiger partial charge in [-0.25, -0.2) is 4.68 Å². The minimum atomic E-state index is -0.337. The summed E-state index contributed by atoms with van der Waals surface area (Å²) < 4.78 is 2.31. The van der Waals surface area contributed by atoms with Crippen molar-refractivity contribution in [2.75, 3.05) is 5.32 Å². The van der Waals surface area contributed by atoms with E-state index < -0.39 is 0 Å². The molecule has 1 aromatic heterocycles. The van der Waals surface area contributed by atoms with Crippen molar-refractivity contribution in [2.24, 2.45) is 5.92 Å². The molecule has 0 spiro atoms. The summed E-state index contributed by atoms with van der Waals surface area (Å²) in [5, 5.41) is 8.23. The van der Waals surface area contributed by atoms with Crippen LogP contribution in [0.25, 0.3) is 10.8 Å². The number of nitrogens with one attached hydrogen (secondary N) is 1. The SMILES string of the molecule is CC(C)Cn1nc(C(=O)Nc2ccc(Br)cc2)c2ccccc2c1=O. The summed E-state index contributed by atoms with van der Waals surface area (Å²) in [6.45, 7) is 4.47. The zero-order chi connectivity index (χ0) is 18.0. The number of rotatable bonds is 4. The quantitative estimate of drug-likeness (QED) is 0.718. The fraction of sp³-hybridized carbons (Fsp3) is 0.211. The molecule has 1 N–H and O–H groups in total. The van der Waals surface area contributed by atoms with Crippen LogP contribution in [0.3, 0.4) is 0 Å². The first kappa shape index (κ1) is 17.4. The van der Waals surface area contributed by atoms with E-state index in [1.807, 2.05) is 26.0 Å². The smallest absolute Gasteiger partial charge is 0.276 e. The van der Waals surface area contributed by atoms with E-state index in [0.717, 1.165) is 4.47 Å². The molecule has 3 rings (SSSR count). The maximum atomic E-state index is 12.8. The molecule has 0 radical (unpaired) electrons. The Bertz CT molecular complexity index is 978. The number of halogens is 1. The Hall–Kier alpha value is -2.47. The van der Waals surface area contributed by atoms with Gasteiger partial charge in [0.2, 0.25) is 0 Å². The molecule has 1 heterocycles. The lowest BCUT2D eigenvalue weighted by atomic mass is 10.1. The van der Waals surface area contributed by atoms with E-state index in [2.05, 4.69) is 26.3 Å². The normalized spacial score (nSPS) is 11.0. The number of hydrogen-bond donors (Lipinski definition) is 1. The fourth-order valence-electron chi connectivity index (χ4n) is 2.60. The van der Waals surface area contributed by atoms with Crippen LogP contribution in [-0.2, 0) is 6.54 Å². The Morgan fingerprint density at radius 2 is 1.76 bits per heavy atom. The van der Waals surface area contributed by atoms with Crippen LogP contribution >= 0.6 is 15.9 Å². The number of carbonyl (C=O) groups excluding carboxylic acids is 1. The molecule has 128 valence electrons. The summed E-state index contributed by atoms with van der Waals surface area (Å²) in [5.74, 6) is -0.0928. The first-order valence-corrected chi connectivity index (χ1v) is 8.82. The molecule has 2 aromatic carbocycles. The molecule has 25 heavy (non-hydrogen) atoms. The van der Waals surface area contributed by atoms with E-state index in [1.165, 1.54) is 4.68 Å². The van der Waals surface area contributed by atoms with Crippen molar-refractivity contribution in [2.45, 2.75) is 20.4 Å². The van der Waals surface area contributed by atoms with Crippen molar-refractivity contribution in [3.8, 4) is 0 Å². The molecule has 6 heteroatoms. The Labute approximate surface area is 153 Å². The minimum absolute atomic E-state index is 0.176. The zero-order valence-electron chi connectivity index (χ0n) is 14.0. The number of anilines is 1. The molecule has 0 aliphatic heterocycles. The van der Waals surface area contributed by atoms with E-state index in [4.69, 9.17) is 0 Å². The van der Waals surface area contributed by atoms with Gasteiger partial charge in [-0.3, -0.25) is 9.59 Å². The fourth-order valence-corrected chi connectivity index (χ4v) is 2.86. The highest BCUT2D eigenvalue weighted by Crippen LogP contribution is 2.18. The van der Waals surface area contributed by atoms with Gasteiger partial charge in [0.05, 0.1) is 5.39 Å². The lowest BCUT2D eigenvalue weighted by Gasteiger charge is -2.12. The molecule has 0 bridgehead atoms. The highest BCUT2D eigenvalue weighted by Gasteiger charge is 2.17. The summed E-state index contributed by atoms with van der Waals surface area (Å²) in [6.07, 6.45) is 0. The Morgan fingerprint density at radius 1 is 1.12 bits per heavy atom. The summed E-state index contributed by atoms with van der Waals surface area (Å²) in [4.78, 5) is 25.4. The molecule has 0 unspecified atom stereocenters. The molecule has 0 aliphatic rings. The monoisotopic (exact) mass is 399 g/mol. The first-order valence-electron chi connectivity index (χ1n) is 8.02. The molecule has 0 saturated heterocycles. The van der Waals surface area contributed by atoms with Crippen LogP contribution in [-0.4, -0.2) is 15.7 Å². The summed E-state index contributed by atoms with van der Waals surface area (Å²) in [7, 11) is 0. The van der Waals surface area contributed by atoms with Gasteiger partial charge >= 0.3 is 0 Å². The van der Waals surface area contributed by atoms with Crippen LogP contribution in [0.5, 0.6) is 0 Å². The van der Waals surface area contributed by atoms with E-state index in [0.29, 0.717) is 23.0 Å². The molecule has 1 amide bonds. The van der Waals surface area contributed by atoms with Gasteiger partial charge in [-0.05, 0) is 36.2 Å². The molecular formula is C19H18BrN3O2. The molecule has 0 saturated carbocycles. The maximum absolute atomic E-state index is 12.8. The molecule has 0 atom stereocenters. The Kier molecular flexibility index (Phi) is 4.99. The average Bonchev–Trinajstić information content (AvgIpc) is 2.59. The van der Waals surface area contributed by atoms with E-state index in [9.17, 15) is 9.59 Å². The summed E-state index contributed by atoms with van der Waals surface area (Å²) in [5.41, 5.74) is 0.740. The number of fused-ring (bicyclic) bond motifs is 1. The number of hydrogen-bond acceptors (Lipinski definition) is 3. The average molecular weight is 400 g/mol.